The number of anilines is 2. The molecule has 0 saturated heterocycles. The van der Waals surface area contributed by atoms with Crippen molar-refractivity contribution < 1.29 is 14.3 Å². The second-order valence-electron chi connectivity index (χ2n) is 4.32. The van der Waals surface area contributed by atoms with Gasteiger partial charge in [0.25, 0.3) is 5.91 Å². The Morgan fingerprint density at radius 2 is 2.28 bits per heavy atom. The highest BCUT2D eigenvalue weighted by molar-refractivity contribution is 6.00. The monoisotopic (exact) mass is 248 g/mol. The minimum absolute atomic E-state index is 0.0211. The molecule has 0 radical (unpaired) electrons. The minimum atomic E-state index is -0.182. The molecule has 0 atom stereocenters. The number of fused-ring (bicyclic) bond motifs is 1. The third-order valence-electron chi connectivity index (χ3n) is 2.61. The van der Waals surface area contributed by atoms with Gasteiger partial charge in [-0.15, -0.1) is 0 Å². The molecular formula is C13H16N2O3. The average Bonchev–Trinajstić information content (AvgIpc) is 2.28. The normalized spacial score (nSPS) is 13.3. The van der Waals surface area contributed by atoms with E-state index < -0.39 is 0 Å². The molecule has 5 heteroatoms. The Morgan fingerprint density at radius 3 is 3.00 bits per heavy atom. The van der Waals surface area contributed by atoms with E-state index in [1.165, 1.54) is 0 Å². The molecule has 5 nitrogen and oxygen atoms in total. The van der Waals surface area contributed by atoms with Gasteiger partial charge in [-0.2, -0.15) is 0 Å². The van der Waals surface area contributed by atoms with Gasteiger partial charge in [0.05, 0.1) is 11.4 Å². The Bertz CT molecular complexity index is 497. The lowest BCUT2D eigenvalue weighted by Gasteiger charge is -2.21. The number of amides is 2. The molecule has 2 amide bonds. The van der Waals surface area contributed by atoms with Crippen LogP contribution in [0.5, 0.6) is 5.75 Å². The molecule has 2 N–H and O–H groups in total. The van der Waals surface area contributed by atoms with Crippen LogP contribution in [0.3, 0.4) is 0 Å². The van der Waals surface area contributed by atoms with Crippen LogP contribution < -0.4 is 15.4 Å². The summed E-state index contributed by atoms with van der Waals surface area (Å²) in [7, 11) is 0. The number of benzene rings is 1. The summed E-state index contributed by atoms with van der Waals surface area (Å²) in [5, 5.41) is 5.54. The quantitative estimate of drug-likeness (QED) is 0.860. The van der Waals surface area contributed by atoms with Crippen molar-refractivity contribution in [2.45, 2.75) is 26.7 Å². The summed E-state index contributed by atoms with van der Waals surface area (Å²) in [5.41, 5.74) is 2.17. The van der Waals surface area contributed by atoms with Crippen molar-refractivity contribution in [3.05, 3.63) is 17.7 Å². The van der Waals surface area contributed by atoms with Crippen molar-refractivity contribution in [1.29, 1.82) is 0 Å². The Morgan fingerprint density at radius 1 is 1.50 bits per heavy atom. The number of aryl methyl sites for hydroxylation is 1. The van der Waals surface area contributed by atoms with E-state index in [-0.39, 0.29) is 18.4 Å². The molecule has 0 aromatic heterocycles. The maximum atomic E-state index is 11.6. The molecule has 1 heterocycles. The largest absolute Gasteiger partial charge is 0.479 e. The first-order valence-electron chi connectivity index (χ1n) is 5.97. The fourth-order valence-electron chi connectivity index (χ4n) is 1.88. The predicted molar refractivity (Wildman–Crippen MR) is 68.8 cm³/mol. The number of rotatable bonds is 3. The highest BCUT2D eigenvalue weighted by atomic mass is 16.5. The van der Waals surface area contributed by atoms with E-state index in [4.69, 9.17) is 4.74 Å². The Kier molecular flexibility index (Phi) is 3.50. The third kappa shape index (κ3) is 2.61. The van der Waals surface area contributed by atoms with E-state index in [0.717, 1.165) is 12.0 Å². The molecule has 0 fully saturated rings. The van der Waals surface area contributed by atoms with Gasteiger partial charge in [-0.1, -0.05) is 6.92 Å². The first-order valence-corrected chi connectivity index (χ1v) is 5.97. The lowest BCUT2D eigenvalue weighted by Crippen LogP contribution is -2.26. The smallest absolute Gasteiger partial charge is 0.262 e. The van der Waals surface area contributed by atoms with Crippen molar-refractivity contribution in [3.8, 4) is 5.75 Å². The summed E-state index contributed by atoms with van der Waals surface area (Å²) in [6.07, 6.45) is 1.26. The molecule has 0 aliphatic carbocycles. The van der Waals surface area contributed by atoms with Gasteiger partial charge >= 0.3 is 0 Å². The topological polar surface area (TPSA) is 67.4 Å². The van der Waals surface area contributed by atoms with Gasteiger partial charge in [0.1, 0.15) is 0 Å². The summed E-state index contributed by atoms with van der Waals surface area (Å²) in [5.74, 6) is 0.300. The maximum Gasteiger partial charge on any atom is 0.262 e. The van der Waals surface area contributed by atoms with Gasteiger partial charge < -0.3 is 15.4 Å². The van der Waals surface area contributed by atoms with E-state index >= 15 is 0 Å². The molecule has 1 aliphatic heterocycles. The molecule has 1 aliphatic rings. The Hall–Kier alpha value is -2.04. The highest BCUT2D eigenvalue weighted by Crippen LogP contribution is 2.37. The van der Waals surface area contributed by atoms with Crippen LogP contribution in [0.1, 0.15) is 25.3 Å². The second kappa shape index (κ2) is 5.08. The van der Waals surface area contributed by atoms with Crippen LogP contribution in [0.2, 0.25) is 0 Å². The summed E-state index contributed by atoms with van der Waals surface area (Å²) >= 11 is 0. The van der Waals surface area contributed by atoms with E-state index in [1.54, 1.807) is 0 Å². The van der Waals surface area contributed by atoms with Gasteiger partial charge in [0.15, 0.2) is 12.4 Å². The molecule has 2 rings (SSSR count). The fraction of sp³-hybridized carbons (Fsp3) is 0.385. The molecule has 0 bridgehead atoms. The van der Waals surface area contributed by atoms with Crippen LogP contribution >= 0.6 is 0 Å². The molecule has 96 valence electrons. The molecule has 0 spiro atoms. The lowest BCUT2D eigenvalue weighted by atomic mass is 10.1. The number of carbonyl (C=O) groups excluding carboxylic acids is 2. The van der Waals surface area contributed by atoms with Crippen molar-refractivity contribution in [2.75, 3.05) is 17.2 Å². The summed E-state index contributed by atoms with van der Waals surface area (Å²) in [4.78, 5) is 22.9. The number of nitrogens with one attached hydrogen (secondary N) is 2. The van der Waals surface area contributed by atoms with Crippen LogP contribution in [-0.4, -0.2) is 18.4 Å². The fourth-order valence-corrected chi connectivity index (χ4v) is 1.88. The lowest BCUT2D eigenvalue weighted by molar-refractivity contribution is -0.118. The molecular weight excluding hydrogens is 232 g/mol. The van der Waals surface area contributed by atoms with Crippen LogP contribution in [0.15, 0.2) is 12.1 Å². The summed E-state index contributed by atoms with van der Waals surface area (Å²) in [6, 6.07) is 3.66. The van der Waals surface area contributed by atoms with E-state index in [1.807, 2.05) is 26.0 Å². The molecule has 0 saturated carbocycles. The van der Waals surface area contributed by atoms with Gasteiger partial charge in [-0.25, -0.2) is 0 Å². The van der Waals surface area contributed by atoms with Crippen molar-refractivity contribution in [1.82, 2.24) is 0 Å². The van der Waals surface area contributed by atoms with Crippen molar-refractivity contribution >= 4 is 23.2 Å². The molecule has 1 aromatic rings. The van der Waals surface area contributed by atoms with Gasteiger partial charge in [0.2, 0.25) is 5.91 Å². The number of carbonyl (C=O) groups is 2. The second-order valence-corrected chi connectivity index (χ2v) is 4.32. The highest BCUT2D eigenvalue weighted by Gasteiger charge is 2.20. The average molecular weight is 248 g/mol. The first-order chi connectivity index (χ1) is 8.60. The van der Waals surface area contributed by atoms with Crippen LogP contribution in [-0.2, 0) is 9.59 Å². The Labute approximate surface area is 106 Å². The Balaban J connectivity index is 2.30. The zero-order valence-electron chi connectivity index (χ0n) is 10.5. The SMILES string of the molecule is CCCC(=O)Nc1cc(C)cc2c1OCC(=O)N2. The van der Waals surface area contributed by atoms with E-state index in [0.29, 0.717) is 23.5 Å². The maximum absolute atomic E-state index is 11.6. The van der Waals surface area contributed by atoms with Crippen LogP contribution in [0, 0.1) is 6.92 Å². The van der Waals surface area contributed by atoms with E-state index in [9.17, 15) is 9.59 Å². The first kappa shape index (κ1) is 12.4. The zero-order chi connectivity index (χ0) is 13.1. The molecule has 0 unspecified atom stereocenters. The summed E-state index contributed by atoms with van der Waals surface area (Å²) in [6.45, 7) is 3.82. The van der Waals surface area contributed by atoms with E-state index in [2.05, 4.69) is 10.6 Å². The van der Waals surface area contributed by atoms with Gasteiger partial charge in [-0.05, 0) is 31.0 Å². The number of hydrogen-bond acceptors (Lipinski definition) is 3. The molecule has 1 aromatic carbocycles. The minimum Gasteiger partial charge on any atom is -0.479 e. The zero-order valence-corrected chi connectivity index (χ0v) is 10.5. The number of ether oxygens (including phenoxy) is 1. The van der Waals surface area contributed by atoms with Gasteiger partial charge in [0, 0.05) is 6.42 Å². The standard InChI is InChI=1S/C13H16N2O3/c1-3-4-11(16)14-9-5-8(2)6-10-13(9)18-7-12(17)15-10/h5-6H,3-4,7H2,1-2H3,(H,14,16)(H,15,17). The van der Waals surface area contributed by atoms with Crippen molar-refractivity contribution in [2.24, 2.45) is 0 Å². The number of hydrogen-bond donors (Lipinski definition) is 2. The van der Waals surface area contributed by atoms with Crippen LogP contribution in [0.4, 0.5) is 11.4 Å². The van der Waals surface area contributed by atoms with Crippen molar-refractivity contribution in [3.63, 3.8) is 0 Å². The summed E-state index contributed by atoms with van der Waals surface area (Å²) < 4.78 is 5.37. The predicted octanol–water partition coefficient (Wildman–Crippen LogP) is 2.06. The van der Waals surface area contributed by atoms with Gasteiger partial charge in [-0.3, -0.25) is 9.59 Å². The third-order valence-corrected chi connectivity index (χ3v) is 2.61. The molecule has 18 heavy (non-hydrogen) atoms. The van der Waals surface area contributed by atoms with Crippen LogP contribution in [0.25, 0.3) is 0 Å².